The summed E-state index contributed by atoms with van der Waals surface area (Å²) in [5.41, 5.74) is 10.5. The third-order valence-corrected chi connectivity index (χ3v) is 5.01. The lowest BCUT2D eigenvalue weighted by atomic mass is 10.2. The van der Waals surface area contributed by atoms with Gasteiger partial charge in [-0.2, -0.15) is 0 Å². The zero-order valence-corrected chi connectivity index (χ0v) is 12.9. The lowest BCUT2D eigenvalue weighted by Gasteiger charge is -2.09. The molecule has 0 unspecified atom stereocenters. The predicted molar refractivity (Wildman–Crippen MR) is 84.0 cm³/mol. The molecule has 94 valence electrons. The molecule has 1 nitrogen and oxygen atoms in total. The second-order valence-corrected chi connectivity index (χ2v) is 6.19. The van der Waals surface area contributed by atoms with E-state index in [1.807, 2.05) is 23.9 Å². The third-order valence-electron chi connectivity index (χ3n) is 2.84. The van der Waals surface area contributed by atoms with Crippen LogP contribution in [0.15, 0.2) is 45.8 Å². The van der Waals surface area contributed by atoms with Crippen molar-refractivity contribution in [2.45, 2.75) is 24.5 Å². The van der Waals surface area contributed by atoms with Crippen molar-refractivity contribution in [3.05, 3.63) is 57.6 Å². The van der Waals surface area contributed by atoms with Gasteiger partial charge in [0.2, 0.25) is 0 Å². The highest BCUT2D eigenvalue weighted by Gasteiger charge is 2.05. The van der Waals surface area contributed by atoms with Gasteiger partial charge in [0.15, 0.2) is 0 Å². The van der Waals surface area contributed by atoms with Crippen LogP contribution in [-0.2, 0) is 5.75 Å². The Morgan fingerprint density at radius 1 is 1.17 bits per heavy atom. The highest BCUT2D eigenvalue weighted by atomic mass is 79.9. The predicted octanol–water partition coefficient (Wildman–Crippen LogP) is 4.94. The molecular formula is C15H16BrNS. The van der Waals surface area contributed by atoms with E-state index >= 15 is 0 Å². The Labute approximate surface area is 121 Å². The molecule has 2 N–H and O–H groups in total. The number of hydrogen-bond acceptors (Lipinski definition) is 2. The summed E-state index contributed by atoms with van der Waals surface area (Å²) >= 11 is 5.40. The minimum Gasteiger partial charge on any atom is -0.398 e. The summed E-state index contributed by atoms with van der Waals surface area (Å²) in [6, 6.07) is 12.6. The summed E-state index contributed by atoms with van der Waals surface area (Å²) in [7, 11) is 0. The number of thioether (sulfide) groups is 1. The van der Waals surface area contributed by atoms with Crippen molar-refractivity contribution in [1.82, 2.24) is 0 Å². The number of hydrogen-bond donors (Lipinski definition) is 1. The quantitative estimate of drug-likeness (QED) is 0.640. The van der Waals surface area contributed by atoms with Gasteiger partial charge in [-0.05, 0) is 53.0 Å². The molecule has 0 spiro atoms. The summed E-state index contributed by atoms with van der Waals surface area (Å²) in [5.74, 6) is 0.927. The largest absolute Gasteiger partial charge is 0.398 e. The van der Waals surface area contributed by atoms with Gasteiger partial charge in [-0.3, -0.25) is 0 Å². The molecule has 0 saturated carbocycles. The van der Waals surface area contributed by atoms with Crippen LogP contribution in [0.3, 0.4) is 0 Å². The first-order valence-corrected chi connectivity index (χ1v) is 7.58. The molecule has 0 heterocycles. The Kier molecular flexibility index (Phi) is 4.36. The summed E-state index contributed by atoms with van der Waals surface area (Å²) in [6.07, 6.45) is 0. The molecule has 0 aromatic heterocycles. The number of aryl methyl sites for hydroxylation is 2. The maximum atomic E-state index is 5.89. The van der Waals surface area contributed by atoms with E-state index in [0.29, 0.717) is 0 Å². The second kappa shape index (κ2) is 5.81. The summed E-state index contributed by atoms with van der Waals surface area (Å²) < 4.78 is 1.02. The maximum absolute atomic E-state index is 5.89. The normalized spacial score (nSPS) is 10.6. The fraction of sp³-hybridized carbons (Fsp3) is 0.200. The molecule has 0 saturated heterocycles. The van der Waals surface area contributed by atoms with Crippen molar-refractivity contribution in [2.24, 2.45) is 0 Å². The Morgan fingerprint density at radius 3 is 2.72 bits per heavy atom. The van der Waals surface area contributed by atoms with Gasteiger partial charge in [-0.1, -0.05) is 29.8 Å². The molecule has 2 rings (SSSR count). The second-order valence-electron chi connectivity index (χ2n) is 4.38. The highest BCUT2D eigenvalue weighted by Crippen LogP contribution is 2.31. The molecule has 3 heteroatoms. The van der Waals surface area contributed by atoms with Crippen LogP contribution in [0.1, 0.15) is 16.7 Å². The van der Waals surface area contributed by atoms with Crippen molar-refractivity contribution in [1.29, 1.82) is 0 Å². The first-order valence-electron chi connectivity index (χ1n) is 5.81. The van der Waals surface area contributed by atoms with Gasteiger partial charge in [-0.25, -0.2) is 0 Å². The molecule has 2 aromatic rings. The van der Waals surface area contributed by atoms with E-state index in [1.54, 1.807) is 0 Å². The Morgan fingerprint density at radius 2 is 1.94 bits per heavy atom. The monoisotopic (exact) mass is 321 g/mol. The van der Waals surface area contributed by atoms with Crippen LogP contribution in [-0.4, -0.2) is 0 Å². The van der Waals surface area contributed by atoms with Crippen molar-refractivity contribution in [3.63, 3.8) is 0 Å². The Balaban J connectivity index is 2.16. The van der Waals surface area contributed by atoms with E-state index in [4.69, 9.17) is 5.73 Å². The first kappa shape index (κ1) is 13.5. The molecule has 0 aliphatic rings. The van der Waals surface area contributed by atoms with E-state index in [2.05, 4.69) is 54.0 Å². The van der Waals surface area contributed by atoms with Gasteiger partial charge in [0, 0.05) is 20.8 Å². The summed E-state index contributed by atoms with van der Waals surface area (Å²) in [5, 5.41) is 0. The van der Waals surface area contributed by atoms with Crippen LogP contribution in [0.25, 0.3) is 0 Å². The molecule has 2 aromatic carbocycles. The number of nitrogens with two attached hydrogens (primary N) is 1. The average Bonchev–Trinajstić information content (AvgIpc) is 2.35. The minimum atomic E-state index is 0.800. The number of anilines is 1. The minimum absolute atomic E-state index is 0.800. The van der Waals surface area contributed by atoms with Gasteiger partial charge in [0.1, 0.15) is 0 Å². The first-order chi connectivity index (χ1) is 8.58. The summed E-state index contributed by atoms with van der Waals surface area (Å²) in [6.45, 7) is 4.27. The van der Waals surface area contributed by atoms with Crippen molar-refractivity contribution >= 4 is 33.4 Å². The molecule has 0 fully saturated rings. The van der Waals surface area contributed by atoms with Crippen LogP contribution >= 0.6 is 27.7 Å². The molecule has 0 bridgehead atoms. The highest BCUT2D eigenvalue weighted by molar-refractivity contribution is 9.10. The molecule has 0 aliphatic carbocycles. The lowest BCUT2D eigenvalue weighted by Crippen LogP contribution is -1.91. The smallest absolute Gasteiger partial charge is 0.0461 e. The molecule has 0 amide bonds. The van der Waals surface area contributed by atoms with Crippen LogP contribution < -0.4 is 5.73 Å². The summed E-state index contributed by atoms with van der Waals surface area (Å²) in [4.78, 5) is 1.34. The number of nitrogen functional groups attached to an aromatic ring is 1. The van der Waals surface area contributed by atoms with E-state index in [0.717, 1.165) is 15.9 Å². The SMILES string of the molecule is Cc1ccc(C)c(SCc2cccc(N)c2Br)c1. The fourth-order valence-electron chi connectivity index (χ4n) is 1.73. The molecular weight excluding hydrogens is 306 g/mol. The topological polar surface area (TPSA) is 26.0 Å². The molecule has 0 radical (unpaired) electrons. The van der Waals surface area contributed by atoms with Crippen LogP contribution in [0.5, 0.6) is 0 Å². The lowest BCUT2D eigenvalue weighted by molar-refractivity contribution is 1.25. The van der Waals surface area contributed by atoms with Crippen LogP contribution in [0, 0.1) is 13.8 Å². The zero-order valence-electron chi connectivity index (χ0n) is 10.5. The Bertz CT molecular complexity index is 564. The maximum Gasteiger partial charge on any atom is 0.0461 e. The van der Waals surface area contributed by atoms with Crippen LogP contribution in [0.2, 0.25) is 0 Å². The van der Waals surface area contributed by atoms with Crippen LogP contribution in [0.4, 0.5) is 5.69 Å². The number of benzene rings is 2. The van der Waals surface area contributed by atoms with E-state index < -0.39 is 0 Å². The van der Waals surface area contributed by atoms with Gasteiger partial charge in [0.25, 0.3) is 0 Å². The van der Waals surface area contributed by atoms with Crippen molar-refractivity contribution in [3.8, 4) is 0 Å². The average molecular weight is 322 g/mol. The van der Waals surface area contributed by atoms with Gasteiger partial charge < -0.3 is 5.73 Å². The van der Waals surface area contributed by atoms with Crippen molar-refractivity contribution < 1.29 is 0 Å². The van der Waals surface area contributed by atoms with E-state index in [1.165, 1.54) is 21.6 Å². The third kappa shape index (κ3) is 3.09. The van der Waals surface area contributed by atoms with Gasteiger partial charge >= 0.3 is 0 Å². The van der Waals surface area contributed by atoms with Gasteiger partial charge in [-0.15, -0.1) is 11.8 Å². The number of halogens is 1. The van der Waals surface area contributed by atoms with E-state index in [-0.39, 0.29) is 0 Å². The van der Waals surface area contributed by atoms with E-state index in [9.17, 15) is 0 Å². The van der Waals surface area contributed by atoms with Gasteiger partial charge in [0.05, 0.1) is 0 Å². The standard InChI is InChI=1S/C15H16BrNS/c1-10-6-7-11(2)14(8-10)18-9-12-4-3-5-13(17)15(12)16/h3-8H,9,17H2,1-2H3. The fourth-order valence-corrected chi connectivity index (χ4v) is 3.44. The number of rotatable bonds is 3. The molecule has 0 atom stereocenters. The molecule has 18 heavy (non-hydrogen) atoms. The Hall–Kier alpha value is -0.930. The molecule has 0 aliphatic heterocycles. The zero-order chi connectivity index (χ0) is 13.1. The van der Waals surface area contributed by atoms with Crippen molar-refractivity contribution in [2.75, 3.05) is 5.73 Å².